The van der Waals surface area contributed by atoms with Crippen LogP contribution in [0.15, 0.2) is 85.2 Å². The molecule has 0 radical (unpaired) electrons. The summed E-state index contributed by atoms with van der Waals surface area (Å²) in [6.45, 7) is 8.33. The molecule has 9 nitrogen and oxygen atoms in total. The van der Waals surface area contributed by atoms with Gasteiger partial charge in [0.2, 0.25) is 5.88 Å². The molecule has 0 bridgehead atoms. The van der Waals surface area contributed by atoms with Crippen LogP contribution >= 0.6 is 0 Å². The second-order valence-corrected chi connectivity index (χ2v) is 15.1. The third-order valence-corrected chi connectivity index (χ3v) is 11.4. The van der Waals surface area contributed by atoms with Crippen molar-refractivity contribution in [3.8, 4) is 22.8 Å². The second kappa shape index (κ2) is 16.2. The monoisotopic (exact) mass is 715 g/mol. The van der Waals surface area contributed by atoms with E-state index in [1.165, 1.54) is 69.7 Å². The molecule has 276 valence electrons. The molecule has 1 saturated carbocycles. The topological polar surface area (TPSA) is 87.0 Å². The highest BCUT2D eigenvalue weighted by Crippen LogP contribution is 2.30. The van der Waals surface area contributed by atoms with E-state index in [1.54, 1.807) is 6.20 Å². The van der Waals surface area contributed by atoms with Crippen LogP contribution in [0.5, 0.6) is 11.6 Å². The number of ether oxygens (including phenoxy) is 1. The average Bonchev–Trinajstić information content (AvgIpc) is 3.89. The molecule has 3 aliphatic rings. The van der Waals surface area contributed by atoms with Crippen LogP contribution < -0.4 is 15.4 Å². The lowest BCUT2D eigenvalue weighted by Crippen LogP contribution is -2.43. The van der Waals surface area contributed by atoms with Crippen LogP contribution in [0.25, 0.3) is 16.8 Å². The van der Waals surface area contributed by atoms with Gasteiger partial charge in [-0.3, -0.25) is 9.69 Å². The fourth-order valence-corrected chi connectivity index (χ4v) is 8.36. The summed E-state index contributed by atoms with van der Waals surface area (Å²) in [7, 11) is 0. The zero-order chi connectivity index (χ0) is 36.1. The van der Waals surface area contributed by atoms with E-state index >= 15 is 0 Å². The minimum absolute atomic E-state index is 0.0898. The van der Waals surface area contributed by atoms with Crippen molar-refractivity contribution in [2.75, 3.05) is 26.2 Å². The van der Waals surface area contributed by atoms with E-state index in [2.05, 4.69) is 60.7 Å². The molecule has 0 spiro atoms. The van der Waals surface area contributed by atoms with Crippen LogP contribution in [0.4, 0.5) is 4.39 Å². The SMILES string of the molecule is Cc1cccc2nc(C(=O)N[C@H]3CC[C@H](NCc4cc(F)cnc4Oc4cccc(-c5ccc(CN6CCC(N7CCCC7)CC6)cc5)c4)CC3)cn12. The first-order valence-electron chi connectivity index (χ1n) is 19.4. The molecule has 2 N–H and O–H groups in total. The highest BCUT2D eigenvalue weighted by Gasteiger charge is 2.27. The number of nitrogens with zero attached hydrogens (tertiary/aromatic N) is 5. The van der Waals surface area contributed by atoms with E-state index in [0.717, 1.165) is 60.7 Å². The molecule has 2 aliphatic heterocycles. The lowest BCUT2D eigenvalue weighted by atomic mass is 9.91. The standard InChI is InChI=1S/C43H50FN7O2/c1-30-6-4-9-41-48-40(29-51(30)41)42(52)47-37-16-14-36(15-17-37)45-26-34-24-35(44)27-46-43(34)53-39-8-5-7-33(25-39)32-12-10-31(11-13-32)28-49-22-18-38(19-23-49)50-20-2-3-21-50/h4-13,24-25,27,29,36-38,45H,2-3,14-23,26,28H2,1H3,(H,47,52)/t36-,37-. The van der Waals surface area contributed by atoms with Crippen molar-refractivity contribution < 1.29 is 13.9 Å². The summed E-state index contributed by atoms with van der Waals surface area (Å²) in [5, 5.41) is 6.76. The van der Waals surface area contributed by atoms with E-state index in [1.807, 2.05) is 47.7 Å². The first kappa shape index (κ1) is 35.4. The van der Waals surface area contributed by atoms with Gasteiger partial charge in [0, 0.05) is 48.7 Å². The molecule has 3 aromatic heterocycles. The molecular formula is C43H50FN7O2. The molecule has 3 fully saturated rings. The highest BCUT2D eigenvalue weighted by atomic mass is 19.1. The van der Waals surface area contributed by atoms with Crippen LogP contribution in [0.1, 0.15) is 78.7 Å². The van der Waals surface area contributed by atoms with Crippen molar-refractivity contribution in [1.29, 1.82) is 0 Å². The fraction of sp³-hybridized carbons (Fsp3) is 0.419. The minimum atomic E-state index is -0.396. The summed E-state index contributed by atoms with van der Waals surface area (Å²) < 4.78 is 22.6. The molecule has 1 amide bonds. The summed E-state index contributed by atoms with van der Waals surface area (Å²) in [6.07, 6.45) is 11.8. The van der Waals surface area contributed by atoms with Crippen LogP contribution in [-0.4, -0.2) is 74.4 Å². The largest absolute Gasteiger partial charge is 0.439 e. The van der Waals surface area contributed by atoms with Crippen LogP contribution in [-0.2, 0) is 13.1 Å². The van der Waals surface area contributed by atoms with Gasteiger partial charge in [0.05, 0.1) is 6.20 Å². The van der Waals surface area contributed by atoms with Gasteiger partial charge in [-0.25, -0.2) is 14.4 Å². The van der Waals surface area contributed by atoms with Gasteiger partial charge in [-0.15, -0.1) is 0 Å². The third kappa shape index (κ3) is 8.61. The van der Waals surface area contributed by atoms with Crippen molar-refractivity contribution >= 4 is 11.6 Å². The predicted octanol–water partition coefficient (Wildman–Crippen LogP) is 7.53. The quantitative estimate of drug-likeness (QED) is 0.146. The number of benzene rings is 2. The number of hydrogen-bond donors (Lipinski definition) is 2. The average molecular weight is 716 g/mol. The maximum absolute atomic E-state index is 14.4. The molecule has 2 saturated heterocycles. The molecule has 10 heteroatoms. The Morgan fingerprint density at radius 2 is 1.62 bits per heavy atom. The molecule has 2 aromatic carbocycles. The van der Waals surface area contributed by atoms with E-state index in [4.69, 9.17) is 4.74 Å². The lowest BCUT2D eigenvalue weighted by Gasteiger charge is -2.36. The van der Waals surface area contributed by atoms with Crippen molar-refractivity contribution in [2.45, 2.75) is 89.5 Å². The number of pyridine rings is 2. The molecule has 8 rings (SSSR count). The molecule has 53 heavy (non-hydrogen) atoms. The van der Waals surface area contributed by atoms with E-state index < -0.39 is 5.82 Å². The number of aromatic nitrogens is 3. The number of piperidine rings is 1. The van der Waals surface area contributed by atoms with Crippen LogP contribution in [0, 0.1) is 12.7 Å². The smallest absolute Gasteiger partial charge is 0.271 e. The number of likely N-dealkylation sites (tertiary alicyclic amines) is 2. The van der Waals surface area contributed by atoms with Gasteiger partial charge in [-0.1, -0.05) is 42.5 Å². The molecule has 0 unspecified atom stereocenters. The molecule has 5 aromatic rings. The number of rotatable bonds is 11. The Bertz CT molecular complexity index is 2010. The van der Waals surface area contributed by atoms with Crippen molar-refractivity contribution in [2.24, 2.45) is 0 Å². The highest BCUT2D eigenvalue weighted by molar-refractivity contribution is 5.93. The first-order chi connectivity index (χ1) is 25.9. The summed E-state index contributed by atoms with van der Waals surface area (Å²) in [6, 6.07) is 25.3. The zero-order valence-corrected chi connectivity index (χ0v) is 30.6. The maximum atomic E-state index is 14.4. The van der Waals surface area contributed by atoms with Crippen molar-refractivity contribution in [3.05, 3.63) is 114 Å². The zero-order valence-electron chi connectivity index (χ0n) is 30.6. The summed E-state index contributed by atoms with van der Waals surface area (Å²) in [4.78, 5) is 27.1. The number of carbonyl (C=O) groups is 1. The Labute approximate surface area is 311 Å². The molecule has 1 aliphatic carbocycles. The summed E-state index contributed by atoms with van der Waals surface area (Å²) >= 11 is 0. The third-order valence-electron chi connectivity index (χ3n) is 11.4. The van der Waals surface area contributed by atoms with E-state index in [-0.39, 0.29) is 18.0 Å². The number of nitrogens with one attached hydrogen (secondary N) is 2. The van der Waals surface area contributed by atoms with Crippen molar-refractivity contribution in [1.82, 2.24) is 34.8 Å². The summed E-state index contributed by atoms with van der Waals surface area (Å²) in [5.74, 6) is 0.512. The van der Waals surface area contributed by atoms with Crippen LogP contribution in [0.2, 0.25) is 0 Å². The van der Waals surface area contributed by atoms with Gasteiger partial charge in [0.1, 0.15) is 22.9 Å². The lowest BCUT2D eigenvalue weighted by molar-refractivity contribution is 0.0919. The Kier molecular flexibility index (Phi) is 10.8. The minimum Gasteiger partial charge on any atom is -0.439 e. The number of halogens is 1. The van der Waals surface area contributed by atoms with Gasteiger partial charge in [-0.05, 0) is 131 Å². The van der Waals surface area contributed by atoms with E-state index in [0.29, 0.717) is 29.4 Å². The number of imidazole rings is 1. The van der Waals surface area contributed by atoms with Crippen molar-refractivity contribution in [3.63, 3.8) is 0 Å². The number of hydrogen-bond acceptors (Lipinski definition) is 7. The van der Waals surface area contributed by atoms with Crippen LogP contribution in [0.3, 0.4) is 0 Å². The van der Waals surface area contributed by atoms with Gasteiger partial charge in [0.25, 0.3) is 5.91 Å². The predicted molar refractivity (Wildman–Crippen MR) is 206 cm³/mol. The Morgan fingerprint density at radius 3 is 2.40 bits per heavy atom. The van der Waals surface area contributed by atoms with Gasteiger partial charge < -0.3 is 24.7 Å². The number of aryl methyl sites for hydroxylation is 1. The Balaban J connectivity index is 0.827. The second-order valence-electron chi connectivity index (χ2n) is 15.1. The van der Waals surface area contributed by atoms with Gasteiger partial charge in [0.15, 0.2) is 0 Å². The van der Waals surface area contributed by atoms with E-state index in [9.17, 15) is 9.18 Å². The maximum Gasteiger partial charge on any atom is 0.271 e. The van der Waals surface area contributed by atoms with Gasteiger partial charge >= 0.3 is 0 Å². The fourth-order valence-electron chi connectivity index (χ4n) is 8.36. The molecular weight excluding hydrogens is 666 g/mol. The molecule has 0 atom stereocenters. The summed E-state index contributed by atoms with van der Waals surface area (Å²) in [5.41, 5.74) is 6.42. The first-order valence-corrected chi connectivity index (χ1v) is 19.4. The Hall–Kier alpha value is -4.64. The Morgan fingerprint density at radius 1 is 0.868 bits per heavy atom. The number of amides is 1. The number of carbonyl (C=O) groups excluding carboxylic acids is 1. The van der Waals surface area contributed by atoms with Gasteiger partial charge in [-0.2, -0.15) is 0 Å². The molecule has 5 heterocycles. The normalized spacial score (nSPS) is 20.2. The number of fused-ring (bicyclic) bond motifs is 1.